The topological polar surface area (TPSA) is 92.6 Å². The number of rotatable bonds is 7. The quantitative estimate of drug-likeness (QED) is 0.223. The number of pyridine rings is 2. The Balaban J connectivity index is 1.50. The lowest BCUT2D eigenvalue weighted by Gasteiger charge is -2.25. The van der Waals surface area contributed by atoms with Gasteiger partial charge in [-0.05, 0) is 59.5 Å². The summed E-state index contributed by atoms with van der Waals surface area (Å²) in [6.45, 7) is 2.45. The number of likely N-dealkylation sites (tertiary alicyclic amines) is 1. The Labute approximate surface area is 214 Å². The molecule has 3 heterocycles. The highest BCUT2D eigenvalue weighted by molar-refractivity contribution is 6.46. The SMILES string of the molecule is Cc1cc(/C(O)=C2\C(=O)C(=O)N(Cc3cccnc3)C2c2cccnc2)ccc1OCc1ccccc1. The molecule has 0 saturated carbocycles. The molecule has 5 rings (SSSR count). The molecule has 1 atom stereocenters. The minimum absolute atomic E-state index is 0.0271. The number of Topliss-reactive ketones (excluding diaryl/α,β-unsaturated/α-hetero) is 1. The van der Waals surface area contributed by atoms with E-state index in [0.717, 1.165) is 16.7 Å². The van der Waals surface area contributed by atoms with Gasteiger partial charge >= 0.3 is 0 Å². The highest BCUT2D eigenvalue weighted by Gasteiger charge is 2.46. The molecular formula is C30H25N3O4. The Morgan fingerprint density at radius 2 is 1.65 bits per heavy atom. The van der Waals surface area contributed by atoms with Gasteiger partial charge in [0.05, 0.1) is 11.6 Å². The molecule has 4 aromatic rings. The van der Waals surface area contributed by atoms with E-state index in [2.05, 4.69) is 9.97 Å². The van der Waals surface area contributed by atoms with Crippen LogP contribution in [0.25, 0.3) is 5.76 Å². The second-order valence-electron chi connectivity index (χ2n) is 8.83. The summed E-state index contributed by atoms with van der Waals surface area (Å²) >= 11 is 0. The van der Waals surface area contributed by atoms with Crippen LogP contribution >= 0.6 is 0 Å². The highest BCUT2D eigenvalue weighted by atomic mass is 16.5. The molecule has 1 aliphatic heterocycles. The maximum absolute atomic E-state index is 13.2. The summed E-state index contributed by atoms with van der Waals surface area (Å²) in [5, 5.41) is 11.4. The number of aliphatic hydroxyl groups excluding tert-OH is 1. The first-order chi connectivity index (χ1) is 18.0. The first-order valence-electron chi connectivity index (χ1n) is 11.9. The van der Waals surface area contributed by atoms with Crippen LogP contribution in [0.1, 0.15) is 33.9 Å². The maximum atomic E-state index is 13.2. The lowest BCUT2D eigenvalue weighted by molar-refractivity contribution is -0.140. The van der Waals surface area contributed by atoms with Crippen molar-refractivity contribution in [3.05, 3.63) is 131 Å². The smallest absolute Gasteiger partial charge is 0.295 e. The van der Waals surface area contributed by atoms with Crippen molar-refractivity contribution in [2.75, 3.05) is 0 Å². The molecular weight excluding hydrogens is 466 g/mol. The molecule has 184 valence electrons. The molecule has 7 nitrogen and oxygen atoms in total. The third-order valence-electron chi connectivity index (χ3n) is 6.30. The van der Waals surface area contributed by atoms with Gasteiger partial charge in [0, 0.05) is 36.9 Å². The normalized spacial score (nSPS) is 16.7. The number of aryl methyl sites for hydroxylation is 1. The number of hydrogen-bond donors (Lipinski definition) is 1. The number of aliphatic hydroxyl groups is 1. The second-order valence-corrected chi connectivity index (χ2v) is 8.83. The number of aromatic nitrogens is 2. The van der Waals surface area contributed by atoms with Crippen LogP contribution in [0.2, 0.25) is 0 Å². The van der Waals surface area contributed by atoms with E-state index in [1.165, 1.54) is 4.90 Å². The summed E-state index contributed by atoms with van der Waals surface area (Å²) in [5.74, 6) is -0.990. The van der Waals surface area contributed by atoms with Crippen LogP contribution < -0.4 is 4.74 Å². The third kappa shape index (κ3) is 4.97. The first-order valence-corrected chi connectivity index (χ1v) is 11.9. The van der Waals surface area contributed by atoms with E-state index >= 15 is 0 Å². The summed E-state index contributed by atoms with van der Waals surface area (Å²) in [5.41, 5.74) is 3.69. The molecule has 37 heavy (non-hydrogen) atoms. The van der Waals surface area contributed by atoms with Gasteiger partial charge in [-0.2, -0.15) is 0 Å². The molecule has 1 N–H and O–H groups in total. The fourth-order valence-electron chi connectivity index (χ4n) is 4.47. The Morgan fingerprint density at radius 1 is 0.919 bits per heavy atom. The van der Waals surface area contributed by atoms with Gasteiger partial charge in [0.2, 0.25) is 0 Å². The zero-order chi connectivity index (χ0) is 25.8. The molecule has 2 aromatic carbocycles. The van der Waals surface area contributed by atoms with Crippen molar-refractivity contribution in [1.82, 2.24) is 14.9 Å². The molecule has 0 aliphatic carbocycles. The van der Waals surface area contributed by atoms with Gasteiger partial charge in [-0.3, -0.25) is 19.6 Å². The monoisotopic (exact) mass is 491 g/mol. The maximum Gasteiger partial charge on any atom is 0.295 e. The van der Waals surface area contributed by atoms with Gasteiger partial charge in [-0.1, -0.05) is 42.5 Å². The van der Waals surface area contributed by atoms with Crippen molar-refractivity contribution in [3.63, 3.8) is 0 Å². The second kappa shape index (κ2) is 10.5. The van der Waals surface area contributed by atoms with E-state index in [1.807, 2.05) is 43.3 Å². The average Bonchev–Trinajstić information content (AvgIpc) is 3.18. The van der Waals surface area contributed by atoms with Gasteiger partial charge in [0.15, 0.2) is 0 Å². The van der Waals surface area contributed by atoms with Gasteiger partial charge in [-0.15, -0.1) is 0 Å². The third-order valence-corrected chi connectivity index (χ3v) is 6.30. The molecule has 0 radical (unpaired) electrons. The first kappa shape index (κ1) is 23.9. The number of carbonyl (C=O) groups excluding carboxylic acids is 2. The van der Waals surface area contributed by atoms with E-state index in [0.29, 0.717) is 23.5 Å². The fourth-order valence-corrected chi connectivity index (χ4v) is 4.47. The Bertz CT molecular complexity index is 1450. The molecule has 2 aromatic heterocycles. The minimum atomic E-state index is -0.789. The molecule has 1 fully saturated rings. The Kier molecular flexibility index (Phi) is 6.76. The summed E-state index contributed by atoms with van der Waals surface area (Å²) in [4.78, 5) is 36.1. The van der Waals surface area contributed by atoms with Crippen LogP contribution in [0.4, 0.5) is 0 Å². The van der Waals surface area contributed by atoms with Gasteiger partial charge < -0.3 is 14.7 Å². The van der Waals surface area contributed by atoms with E-state index < -0.39 is 17.7 Å². The van der Waals surface area contributed by atoms with Crippen LogP contribution in [-0.2, 0) is 22.7 Å². The standard InChI is InChI=1S/C30H25N3O4/c1-20-15-23(11-12-25(20)37-19-21-7-3-2-4-8-21)28(34)26-27(24-10-6-14-32-17-24)33(30(36)29(26)35)18-22-9-5-13-31-16-22/h2-17,27,34H,18-19H2,1H3/b28-26+. The number of benzene rings is 2. The van der Waals surface area contributed by atoms with Crippen molar-refractivity contribution in [2.24, 2.45) is 0 Å². The number of amides is 1. The van der Waals surface area contributed by atoms with Gasteiger partial charge in [0.25, 0.3) is 11.7 Å². The summed E-state index contributed by atoms with van der Waals surface area (Å²) in [7, 11) is 0. The number of ether oxygens (including phenoxy) is 1. The highest BCUT2D eigenvalue weighted by Crippen LogP contribution is 2.40. The zero-order valence-electron chi connectivity index (χ0n) is 20.2. The van der Waals surface area contributed by atoms with Crippen molar-refractivity contribution >= 4 is 17.4 Å². The number of ketones is 1. The van der Waals surface area contributed by atoms with Crippen molar-refractivity contribution in [1.29, 1.82) is 0 Å². The predicted molar refractivity (Wildman–Crippen MR) is 138 cm³/mol. The minimum Gasteiger partial charge on any atom is -0.507 e. The molecule has 1 unspecified atom stereocenters. The summed E-state index contributed by atoms with van der Waals surface area (Å²) in [6, 6.07) is 21.4. The summed E-state index contributed by atoms with van der Waals surface area (Å²) < 4.78 is 5.95. The molecule has 1 aliphatic rings. The van der Waals surface area contributed by atoms with Crippen LogP contribution in [0.15, 0.2) is 103 Å². The Morgan fingerprint density at radius 3 is 2.32 bits per heavy atom. The average molecular weight is 492 g/mol. The lowest BCUT2D eigenvalue weighted by atomic mass is 9.95. The van der Waals surface area contributed by atoms with E-state index in [9.17, 15) is 14.7 Å². The van der Waals surface area contributed by atoms with Crippen LogP contribution in [0.5, 0.6) is 5.75 Å². The number of hydrogen-bond acceptors (Lipinski definition) is 6. The van der Waals surface area contributed by atoms with Crippen molar-refractivity contribution in [3.8, 4) is 5.75 Å². The van der Waals surface area contributed by atoms with E-state index in [4.69, 9.17) is 4.74 Å². The fraction of sp³-hybridized carbons (Fsp3) is 0.133. The zero-order valence-corrected chi connectivity index (χ0v) is 20.2. The van der Waals surface area contributed by atoms with Crippen LogP contribution in [-0.4, -0.2) is 31.7 Å². The Hall–Kier alpha value is -4.78. The van der Waals surface area contributed by atoms with Gasteiger partial charge in [-0.25, -0.2) is 0 Å². The molecule has 7 heteroatoms. The largest absolute Gasteiger partial charge is 0.507 e. The molecule has 1 amide bonds. The lowest BCUT2D eigenvalue weighted by Crippen LogP contribution is -2.29. The van der Waals surface area contributed by atoms with E-state index in [-0.39, 0.29) is 17.9 Å². The van der Waals surface area contributed by atoms with Crippen LogP contribution in [0, 0.1) is 6.92 Å². The summed E-state index contributed by atoms with van der Waals surface area (Å²) in [6.07, 6.45) is 6.52. The predicted octanol–water partition coefficient (Wildman–Crippen LogP) is 4.99. The van der Waals surface area contributed by atoms with Crippen molar-refractivity contribution in [2.45, 2.75) is 26.1 Å². The van der Waals surface area contributed by atoms with Crippen molar-refractivity contribution < 1.29 is 19.4 Å². The number of carbonyl (C=O) groups is 2. The van der Waals surface area contributed by atoms with Crippen LogP contribution in [0.3, 0.4) is 0 Å². The molecule has 0 spiro atoms. The molecule has 1 saturated heterocycles. The number of nitrogens with zero attached hydrogens (tertiary/aromatic N) is 3. The van der Waals surface area contributed by atoms with E-state index in [1.54, 1.807) is 61.2 Å². The molecule has 0 bridgehead atoms. The van der Waals surface area contributed by atoms with Gasteiger partial charge in [0.1, 0.15) is 18.1 Å².